The number of halogens is 2. The van der Waals surface area contributed by atoms with Crippen LogP contribution in [0.25, 0.3) is 0 Å². The lowest BCUT2D eigenvalue weighted by atomic mass is 10.0. The standard InChI is InChI=1S/C18H19ClFN/c1-12-10-16(20)5-2-13(12)8-9-21-18-7-3-14-11-15(19)4-6-17(14)18/h2,4-6,10-11,18,21H,3,7-9H2,1H3. The first kappa shape index (κ1) is 14.6. The molecule has 2 aromatic rings. The van der Waals surface area contributed by atoms with E-state index in [1.807, 2.05) is 19.1 Å². The van der Waals surface area contributed by atoms with E-state index in [2.05, 4.69) is 17.4 Å². The zero-order valence-electron chi connectivity index (χ0n) is 12.1. The minimum atomic E-state index is -0.161. The van der Waals surface area contributed by atoms with Gasteiger partial charge in [0.25, 0.3) is 0 Å². The van der Waals surface area contributed by atoms with Gasteiger partial charge in [-0.05, 0) is 79.3 Å². The number of rotatable bonds is 4. The molecule has 0 bridgehead atoms. The van der Waals surface area contributed by atoms with Crippen molar-refractivity contribution in [2.24, 2.45) is 0 Å². The van der Waals surface area contributed by atoms with Crippen LogP contribution >= 0.6 is 11.6 Å². The van der Waals surface area contributed by atoms with Crippen molar-refractivity contribution >= 4 is 11.6 Å². The summed E-state index contributed by atoms with van der Waals surface area (Å²) in [6.45, 7) is 2.87. The van der Waals surface area contributed by atoms with Crippen molar-refractivity contribution in [3.05, 3.63) is 69.5 Å². The van der Waals surface area contributed by atoms with Crippen LogP contribution in [0, 0.1) is 12.7 Å². The Bertz CT molecular complexity index is 654. The van der Waals surface area contributed by atoms with Gasteiger partial charge in [0, 0.05) is 11.1 Å². The molecule has 0 saturated carbocycles. The fraction of sp³-hybridized carbons (Fsp3) is 0.333. The largest absolute Gasteiger partial charge is 0.310 e. The molecule has 0 aliphatic heterocycles. The highest BCUT2D eigenvalue weighted by molar-refractivity contribution is 6.30. The highest BCUT2D eigenvalue weighted by atomic mass is 35.5. The molecule has 21 heavy (non-hydrogen) atoms. The number of nitrogens with one attached hydrogen (secondary N) is 1. The summed E-state index contributed by atoms with van der Waals surface area (Å²) in [7, 11) is 0. The highest BCUT2D eigenvalue weighted by Crippen LogP contribution is 2.32. The van der Waals surface area contributed by atoms with Crippen LogP contribution in [0.1, 0.15) is 34.7 Å². The van der Waals surface area contributed by atoms with Gasteiger partial charge in [0.2, 0.25) is 0 Å². The van der Waals surface area contributed by atoms with Crippen LogP contribution in [0.2, 0.25) is 5.02 Å². The molecule has 1 N–H and O–H groups in total. The molecule has 1 aliphatic carbocycles. The van der Waals surface area contributed by atoms with Crippen LogP contribution in [-0.2, 0) is 12.8 Å². The molecule has 3 rings (SSSR count). The lowest BCUT2D eigenvalue weighted by molar-refractivity contribution is 0.533. The quantitative estimate of drug-likeness (QED) is 0.870. The Morgan fingerprint density at radius 2 is 2.10 bits per heavy atom. The smallest absolute Gasteiger partial charge is 0.123 e. The van der Waals surface area contributed by atoms with Gasteiger partial charge in [-0.2, -0.15) is 0 Å². The van der Waals surface area contributed by atoms with Crippen LogP contribution in [0.3, 0.4) is 0 Å². The minimum absolute atomic E-state index is 0.161. The second kappa shape index (κ2) is 6.17. The normalized spacial score (nSPS) is 17.0. The van der Waals surface area contributed by atoms with Crippen LogP contribution in [0.5, 0.6) is 0 Å². The molecule has 1 nitrogen and oxygen atoms in total. The minimum Gasteiger partial charge on any atom is -0.310 e. The Morgan fingerprint density at radius 1 is 1.24 bits per heavy atom. The zero-order valence-corrected chi connectivity index (χ0v) is 12.9. The average Bonchev–Trinajstić information content (AvgIpc) is 2.83. The maximum atomic E-state index is 13.1. The Labute approximate surface area is 130 Å². The molecule has 0 amide bonds. The Kier molecular flexibility index (Phi) is 4.27. The third kappa shape index (κ3) is 3.28. The van der Waals surface area contributed by atoms with Crippen molar-refractivity contribution < 1.29 is 4.39 Å². The van der Waals surface area contributed by atoms with Gasteiger partial charge in [-0.1, -0.05) is 23.7 Å². The van der Waals surface area contributed by atoms with E-state index in [4.69, 9.17) is 11.6 Å². The predicted molar refractivity (Wildman–Crippen MR) is 85.4 cm³/mol. The second-order valence-electron chi connectivity index (χ2n) is 5.71. The fourth-order valence-electron chi connectivity index (χ4n) is 3.12. The third-order valence-electron chi connectivity index (χ3n) is 4.27. The van der Waals surface area contributed by atoms with Gasteiger partial charge >= 0.3 is 0 Å². The number of hydrogen-bond donors (Lipinski definition) is 1. The SMILES string of the molecule is Cc1cc(F)ccc1CCNC1CCc2cc(Cl)ccc21. The molecule has 0 heterocycles. The molecule has 3 heteroatoms. The van der Waals surface area contributed by atoms with Crippen LogP contribution in [0.4, 0.5) is 4.39 Å². The third-order valence-corrected chi connectivity index (χ3v) is 4.51. The van der Waals surface area contributed by atoms with Crippen LogP contribution in [-0.4, -0.2) is 6.54 Å². The van der Waals surface area contributed by atoms with Gasteiger partial charge < -0.3 is 5.32 Å². The zero-order chi connectivity index (χ0) is 14.8. The molecule has 0 radical (unpaired) electrons. The van der Waals surface area contributed by atoms with Gasteiger partial charge in [0.1, 0.15) is 5.82 Å². The molecule has 1 atom stereocenters. The maximum Gasteiger partial charge on any atom is 0.123 e. The first-order chi connectivity index (χ1) is 10.1. The topological polar surface area (TPSA) is 12.0 Å². The van der Waals surface area contributed by atoms with Gasteiger partial charge in [0.05, 0.1) is 0 Å². The molecule has 0 fully saturated rings. The van der Waals surface area contributed by atoms with E-state index in [1.165, 1.54) is 22.8 Å². The van der Waals surface area contributed by atoms with Gasteiger partial charge in [-0.3, -0.25) is 0 Å². The summed E-state index contributed by atoms with van der Waals surface area (Å²) in [5, 5.41) is 4.43. The monoisotopic (exact) mass is 303 g/mol. The van der Waals surface area contributed by atoms with Crippen molar-refractivity contribution in [1.82, 2.24) is 5.32 Å². The number of aryl methyl sites for hydroxylation is 2. The number of benzene rings is 2. The summed E-state index contributed by atoms with van der Waals surface area (Å²) in [6.07, 6.45) is 3.13. The molecular weight excluding hydrogens is 285 g/mol. The van der Waals surface area contributed by atoms with Gasteiger partial charge in [0.15, 0.2) is 0 Å². The summed E-state index contributed by atoms with van der Waals surface area (Å²) in [4.78, 5) is 0. The average molecular weight is 304 g/mol. The Hall–Kier alpha value is -1.38. The summed E-state index contributed by atoms with van der Waals surface area (Å²) < 4.78 is 13.1. The van der Waals surface area contributed by atoms with Crippen LogP contribution < -0.4 is 5.32 Å². The van der Waals surface area contributed by atoms with Crippen molar-refractivity contribution in [2.75, 3.05) is 6.54 Å². The molecule has 2 aromatic carbocycles. The highest BCUT2D eigenvalue weighted by Gasteiger charge is 2.21. The van der Waals surface area contributed by atoms with Gasteiger partial charge in [-0.25, -0.2) is 4.39 Å². The lowest BCUT2D eigenvalue weighted by Crippen LogP contribution is -2.22. The van der Waals surface area contributed by atoms with Crippen molar-refractivity contribution in [2.45, 2.75) is 32.2 Å². The van der Waals surface area contributed by atoms with Gasteiger partial charge in [-0.15, -0.1) is 0 Å². The number of fused-ring (bicyclic) bond motifs is 1. The van der Waals surface area contributed by atoms with Crippen molar-refractivity contribution in [3.63, 3.8) is 0 Å². The second-order valence-corrected chi connectivity index (χ2v) is 6.15. The summed E-state index contributed by atoms with van der Waals surface area (Å²) in [5.74, 6) is -0.161. The van der Waals surface area contributed by atoms with E-state index in [0.717, 1.165) is 36.4 Å². The Morgan fingerprint density at radius 3 is 2.90 bits per heavy atom. The Balaban J connectivity index is 1.60. The van der Waals surface area contributed by atoms with E-state index in [9.17, 15) is 4.39 Å². The van der Waals surface area contributed by atoms with E-state index < -0.39 is 0 Å². The number of hydrogen-bond acceptors (Lipinski definition) is 1. The summed E-state index contributed by atoms with van der Waals surface area (Å²) in [6, 6.07) is 11.6. The lowest BCUT2D eigenvalue weighted by Gasteiger charge is -2.15. The first-order valence-electron chi connectivity index (χ1n) is 7.40. The fourth-order valence-corrected chi connectivity index (χ4v) is 3.31. The summed E-state index contributed by atoms with van der Waals surface area (Å²) >= 11 is 6.03. The first-order valence-corrected chi connectivity index (χ1v) is 7.78. The van der Waals surface area contributed by atoms with E-state index in [-0.39, 0.29) is 5.82 Å². The van der Waals surface area contributed by atoms with E-state index in [1.54, 1.807) is 6.07 Å². The molecule has 110 valence electrons. The molecule has 1 unspecified atom stereocenters. The van der Waals surface area contributed by atoms with Crippen molar-refractivity contribution in [1.29, 1.82) is 0 Å². The van der Waals surface area contributed by atoms with Crippen LogP contribution in [0.15, 0.2) is 36.4 Å². The molecule has 0 saturated heterocycles. The summed E-state index contributed by atoms with van der Waals surface area (Å²) in [5.41, 5.74) is 4.96. The molecular formula is C18H19ClFN. The molecule has 0 spiro atoms. The van der Waals surface area contributed by atoms with Crippen molar-refractivity contribution in [3.8, 4) is 0 Å². The van der Waals surface area contributed by atoms with E-state index in [0.29, 0.717) is 6.04 Å². The predicted octanol–water partition coefficient (Wildman–Crippen LogP) is 4.61. The van der Waals surface area contributed by atoms with E-state index >= 15 is 0 Å². The molecule has 0 aromatic heterocycles. The molecule has 1 aliphatic rings. The maximum absolute atomic E-state index is 13.1.